The van der Waals surface area contributed by atoms with Gasteiger partial charge in [0, 0.05) is 30.8 Å². The summed E-state index contributed by atoms with van der Waals surface area (Å²) in [6.07, 6.45) is -1.21. The van der Waals surface area contributed by atoms with E-state index in [0.717, 1.165) is 56.6 Å². The lowest BCUT2D eigenvalue weighted by Gasteiger charge is -2.32. The number of alkyl halides is 3. The molecular weight excluding hydrogens is 405 g/mol. The maximum absolute atomic E-state index is 12.6. The summed E-state index contributed by atoms with van der Waals surface area (Å²) in [4.78, 5) is 26.2. The number of nitrogens with one attached hydrogen (secondary N) is 1. The lowest BCUT2D eigenvalue weighted by Crippen LogP contribution is -2.35. The maximum atomic E-state index is 12.6. The fraction of sp³-hybridized carbons (Fsp3) is 0.417. The van der Waals surface area contributed by atoms with E-state index in [-0.39, 0.29) is 11.7 Å². The van der Waals surface area contributed by atoms with Crippen LogP contribution in [0.4, 0.5) is 18.9 Å². The number of amides is 1. The van der Waals surface area contributed by atoms with Crippen LogP contribution in [0, 0.1) is 5.92 Å². The first-order chi connectivity index (χ1) is 14.7. The van der Waals surface area contributed by atoms with Crippen molar-refractivity contribution < 1.29 is 22.8 Å². The Labute approximate surface area is 180 Å². The second-order valence-electron chi connectivity index (χ2n) is 8.16. The molecule has 1 aliphatic heterocycles. The molecule has 0 bridgehead atoms. The number of ketones is 1. The van der Waals surface area contributed by atoms with Crippen molar-refractivity contribution in [2.75, 3.05) is 18.4 Å². The van der Waals surface area contributed by atoms with Crippen LogP contribution in [0.2, 0.25) is 0 Å². The van der Waals surface area contributed by atoms with Gasteiger partial charge in [0.15, 0.2) is 5.78 Å². The third-order valence-corrected chi connectivity index (χ3v) is 5.62. The smallest absolute Gasteiger partial charge is 0.326 e. The highest BCUT2D eigenvalue weighted by atomic mass is 19.4. The van der Waals surface area contributed by atoms with E-state index < -0.39 is 11.7 Å². The molecule has 1 saturated heterocycles. The van der Waals surface area contributed by atoms with Gasteiger partial charge in [-0.3, -0.25) is 14.5 Å². The van der Waals surface area contributed by atoms with Gasteiger partial charge < -0.3 is 5.32 Å². The summed E-state index contributed by atoms with van der Waals surface area (Å²) < 4.78 is 37.9. The van der Waals surface area contributed by atoms with Crippen LogP contribution >= 0.6 is 0 Å². The predicted octanol–water partition coefficient (Wildman–Crippen LogP) is 5.54. The van der Waals surface area contributed by atoms with Crippen molar-refractivity contribution in [3.05, 3.63) is 65.2 Å². The van der Waals surface area contributed by atoms with E-state index in [4.69, 9.17) is 0 Å². The van der Waals surface area contributed by atoms with Gasteiger partial charge in [-0.05, 0) is 74.5 Å². The number of carbonyl (C=O) groups is 2. The van der Waals surface area contributed by atoms with Crippen LogP contribution in [0.5, 0.6) is 0 Å². The van der Waals surface area contributed by atoms with E-state index in [2.05, 4.69) is 10.2 Å². The Bertz CT molecular complexity index is 910. The first-order valence-electron chi connectivity index (χ1n) is 10.5. The summed E-state index contributed by atoms with van der Waals surface area (Å²) in [6, 6.07) is 12.2. The number of Topliss-reactive ketones (excluding diaryl/α,β-unsaturated/α-hetero) is 1. The Morgan fingerprint density at radius 1 is 1.13 bits per heavy atom. The molecule has 7 heteroatoms. The standard InChI is InChI=1S/C24H27F3N2O2/c1-17(30)20-6-2-4-19(14-20)16-29-13-3-5-18(15-29)7-12-23(31)28-22-10-8-21(9-11-22)24(25,26)27/h2,4,6,8-11,14,18H,3,5,7,12-13,15-16H2,1H3,(H,28,31). The Morgan fingerprint density at radius 3 is 2.55 bits per heavy atom. The highest BCUT2D eigenvalue weighted by Gasteiger charge is 2.30. The van der Waals surface area contributed by atoms with E-state index in [9.17, 15) is 22.8 Å². The molecule has 2 aromatic rings. The topological polar surface area (TPSA) is 49.4 Å². The van der Waals surface area contributed by atoms with Crippen molar-refractivity contribution in [3.63, 3.8) is 0 Å². The van der Waals surface area contributed by atoms with Gasteiger partial charge in [-0.25, -0.2) is 0 Å². The first-order valence-corrected chi connectivity index (χ1v) is 10.5. The molecule has 0 spiro atoms. The molecule has 1 amide bonds. The molecule has 1 unspecified atom stereocenters. The van der Waals surface area contributed by atoms with Crippen molar-refractivity contribution in [2.45, 2.75) is 45.3 Å². The molecule has 1 fully saturated rings. The minimum Gasteiger partial charge on any atom is -0.326 e. The second kappa shape index (κ2) is 10.1. The maximum Gasteiger partial charge on any atom is 0.416 e. The van der Waals surface area contributed by atoms with Crippen molar-refractivity contribution in [3.8, 4) is 0 Å². The van der Waals surface area contributed by atoms with E-state index in [0.29, 0.717) is 23.6 Å². The molecule has 0 saturated carbocycles. The molecule has 0 radical (unpaired) electrons. The molecule has 3 rings (SSSR count). The summed E-state index contributed by atoms with van der Waals surface area (Å²) in [5.74, 6) is 0.256. The average molecular weight is 432 g/mol. The Hall–Kier alpha value is -2.67. The third kappa shape index (κ3) is 6.92. The van der Waals surface area contributed by atoms with Crippen LogP contribution in [0.1, 0.15) is 54.1 Å². The molecule has 1 atom stereocenters. The van der Waals surface area contributed by atoms with Crippen molar-refractivity contribution in [1.82, 2.24) is 4.90 Å². The number of hydrogen-bond acceptors (Lipinski definition) is 3. The molecule has 31 heavy (non-hydrogen) atoms. The fourth-order valence-corrected chi connectivity index (χ4v) is 3.98. The van der Waals surface area contributed by atoms with Crippen LogP contribution in [-0.2, 0) is 17.5 Å². The minimum atomic E-state index is -4.39. The zero-order valence-electron chi connectivity index (χ0n) is 17.5. The SMILES string of the molecule is CC(=O)c1cccc(CN2CCCC(CCC(=O)Nc3ccc(C(F)(F)F)cc3)C2)c1. The normalized spacial score (nSPS) is 17.4. The molecule has 166 valence electrons. The quantitative estimate of drug-likeness (QED) is 0.585. The van der Waals surface area contributed by atoms with Crippen LogP contribution < -0.4 is 5.32 Å². The van der Waals surface area contributed by atoms with E-state index in [1.54, 1.807) is 6.92 Å². The van der Waals surface area contributed by atoms with Gasteiger partial charge in [0.05, 0.1) is 5.56 Å². The number of carbonyl (C=O) groups excluding carboxylic acids is 2. The van der Waals surface area contributed by atoms with Crippen LogP contribution in [0.15, 0.2) is 48.5 Å². The monoisotopic (exact) mass is 432 g/mol. The van der Waals surface area contributed by atoms with Crippen LogP contribution in [0.25, 0.3) is 0 Å². The number of rotatable bonds is 7. The first kappa shape index (κ1) is 23.0. The summed E-state index contributed by atoms with van der Waals surface area (Å²) in [6.45, 7) is 4.21. The number of nitrogens with zero attached hydrogens (tertiary/aromatic N) is 1. The number of hydrogen-bond donors (Lipinski definition) is 1. The highest BCUT2D eigenvalue weighted by Crippen LogP contribution is 2.30. The van der Waals surface area contributed by atoms with Crippen LogP contribution in [0.3, 0.4) is 0 Å². The highest BCUT2D eigenvalue weighted by molar-refractivity contribution is 5.94. The van der Waals surface area contributed by atoms with Gasteiger partial charge in [0.25, 0.3) is 0 Å². The van der Waals surface area contributed by atoms with Gasteiger partial charge in [-0.15, -0.1) is 0 Å². The van der Waals surface area contributed by atoms with Crippen LogP contribution in [-0.4, -0.2) is 29.7 Å². The molecule has 0 aliphatic carbocycles. The lowest BCUT2D eigenvalue weighted by atomic mass is 9.93. The summed E-state index contributed by atoms with van der Waals surface area (Å²) >= 11 is 0. The van der Waals surface area contributed by atoms with E-state index in [1.807, 2.05) is 24.3 Å². The molecule has 0 aromatic heterocycles. The molecule has 4 nitrogen and oxygen atoms in total. The predicted molar refractivity (Wildman–Crippen MR) is 114 cm³/mol. The zero-order chi connectivity index (χ0) is 22.4. The molecular formula is C24H27F3N2O2. The van der Waals surface area contributed by atoms with Gasteiger partial charge in [-0.1, -0.05) is 18.2 Å². The number of anilines is 1. The number of halogens is 3. The Morgan fingerprint density at radius 2 is 1.87 bits per heavy atom. The number of benzene rings is 2. The summed E-state index contributed by atoms with van der Waals surface area (Å²) in [5.41, 5.74) is 1.45. The average Bonchev–Trinajstić information content (AvgIpc) is 2.72. The van der Waals surface area contributed by atoms with E-state index in [1.165, 1.54) is 12.1 Å². The largest absolute Gasteiger partial charge is 0.416 e. The van der Waals surface area contributed by atoms with Crippen molar-refractivity contribution >= 4 is 17.4 Å². The number of piperidine rings is 1. The lowest BCUT2D eigenvalue weighted by molar-refractivity contribution is -0.137. The van der Waals surface area contributed by atoms with Crippen molar-refractivity contribution in [2.24, 2.45) is 5.92 Å². The number of likely N-dealkylation sites (tertiary alicyclic amines) is 1. The van der Waals surface area contributed by atoms with Gasteiger partial charge in [0.1, 0.15) is 0 Å². The molecule has 1 N–H and O–H groups in total. The Balaban J connectivity index is 1.46. The zero-order valence-corrected chi connectivity index (χ0v) is 17.5. The fourth-order valence-electron chi connectivity index (χ4n) is 3.98. The second-order valence-corrected chi connectivity index (χ2v) is 8.16. The van der Waals surface area contributed by atoms with Crippen molar-refractivity contribution in [1.29, 1.82) is 0 Å². The molecule has 1 aliphatic rings. The van der Waals surface area contributed by atoms with Gasteiger partial charge in [0.2, 0.25) is 5.91 Å². The summed E-state index contributed by atoms with van der Waals surface area (Å²) in [7, 11) is 0. The summed E-state index contributed by atoms with van der Waals surface area (Å²) in [5, 5.41) is 2.68. The van der Waals surface area contributed by atoms with Gasteiger partial charge >= 0.3 is 6.18 Å². The van der Waals surface area contributed by atoms with E-state index >= 15 is 0 Å². The minimum absolute atomic E-state index is 0.0532. The third-order valence-electron chi connectivity index (χ3n) is 5.62. The molecule has 1 heterocycles. The molecule has 2 aromatic carbocycles. The van der Waals surface area contributed by atoms with Gasteiger partial charge in [-0.2, -0.15) is 13.2 Å². The Kier molecular flexibility index (Phi) is 7.49.